The van der Waals surface area contributed by atoms with Crippen LogP contribution in [0.5, 0.6) is 0 Å². The number of pyridine rings is 1. The molecule has 1 amide bonds. The van der Waals surface area contributed by atoms with Crippen molar-refractivity contribution >= 4 is 11.6 Å². The summed E-state index contributed by atoms with van der Waals surface area (Å²) < 4.78 is 9.29. The first kappa shape index (κ1) is 15.8. The number of rotatable bonds is 4. The van der Waals surface area contributed by atoms with Gasteiger partial charge in [-0.15, -0.1) is 0 Å². The van der Waals surface area contributed by atoms with Crippen LogP contribution < -0.4 is 5.32 Å². The summed E-state index contributed by atoms with van der Waals surface area (Å²) in [6.07, 6.45) is 10.9. The Bertz CT molecular complexity index is 878. The summed E-state index contributed by atoms with van der Waals surface area (Å²) >= 11 is 0. The minimum atomic E-state index is -0.130. The van der Waals surface area contributed by atoms with E-state index in [-0.39, 0.29) is 11.9 Å². The lowest BCUT2D eigenvalue weighted by Crippen LogP contribution is -2.37. The van der Waals surface area contributed by atoms with Crippen molar-refractivity contribution in [1.82, 2.24) is 24.3 Å². The molecule has 4 heterocycles. The number of carbonyl (C=O) groups is 1. The van der Waals surface area contributed by atoms with Crippen molar-refractivity contribution in [2.24, 2.45) is 13.0 Å². The van der Waals surface area contributed by atoms with Gasteiger partial charge in [0.1, 0.15) is 11.5 Å². The molecule has 0 spiro atoms. The van der Waals surface area contributed by atoms with Crippen LogP contribution in [-0.4, -0.2) is 38.1 Å². The number of aromatic nitrogens is 4. The van der Waals surface area contributed by atoms with Gasteiger partial charge in [0.15, 0.2) is 0 Å². The van der Waals surface area contributed by atoms with Crippen LogP contribution in [-0.2, 0) is 11.8 Å². The zero-order chi connectivity index (χ0) is 17.2. The van der Waals surface area contributed by atoms with Gasteiger partial charge in [0, 0.05) is 51.2 Å². The summed E-state index contributed by atoms with van der Waals surface area (Å²) in [5, 5.41) is 3.19. The SMILES string of the molecule is Cn1ccnc1[C@@H](NC(=O)c1ccc2nccn2c1)C1CCOCC1. The molecule has 3 aromatic rings. The first-order valence-electron chi connectivity index (χ1n) is 8.51. The zero-order valence-electron chi connectivity index (χ0n) is 14.1. The van der Waals surface area contributed by atoms with E-state index in [0.29, 0.717) is 11.5 Å². The summed E-state index contributed by atoms with van der Waals surface area (Å²) in [4.78, 5) is 21.5. The Morgan fingerprint density at radius 1 is 1.24 bits per heavy atom. The van der Waals surface area contributed by atoms with Gasteiger partial charge >= 0.3 is 0 Å². The van der Waals surface area contributed by atoms with Crippen molar-refractivity contribution < 1.29 is 9.53 Å². The molecule has 3 aromatic heterocycles. The van der Waals surface area contributed by atoms with E-state index in [1.165, 1.54) is 0 Å². The van der Waals surface area contributed by atoms with E-state index in [1.54, 1.807) is 24.7 Å². The molecule has 0 aromatic carbocycles. The molecule has 1 atom stereocenters. The van der Waals surface area contributed by atoms with Gasteiger partial charge in [-0.05, 0) is 30.9 Å². The molecule has 7 nitrogen and oxygen atoms in total. The molecule has 1 N–H and O–H groups in total. The van der Waals surface area contributed by atoms with Crippen molar-refractivity contribution in [3.8, 4) is 0 Å². The number of aryl methyl sites for hydroxylation is 1. The maximum Gasteiger partial charge on any atom is 0.253 e. The highest BCUT2D eigenvalue weighted by Crippen LogP contribution is 2.29. The van der Waals surface area contributed by atoms with Crippen LogP contribution in [0, 0.1) is 5.92 Å². The number of hydrogen-bond acceptors (Lipinski definition) is 4. The van der Waals surface area contributed by atoms with Crippen molar-refractivity contribution in [1.29, 1.82) is 0 Å². The lowest BCUT2D eigenvalue weighted by molar-refractivity contribution is 0.0499. The van der Waals surface area contributed by atoms with Gasteiger partial charge in [0.25, 0.3) is 5.91 Å². The molecule has 25 heavy (non-hydrogen) atoms. The van der Waals surface area contributed by atoms with Crippen LogP contribution in [0.3, 0.4) is 0 Å². The summed E-state index contributed by atoms with van der Waals surface area (Å²) in [5.74, 6) is 1.09. The number of fused-ring (bicyclic) bond motifs is 1. The molecule has 1 fully saturated rings. The molecule has 0 radical (unpaired) electrons. The standard InChI is InChI=1S/C18H21N5O2/c1-22-8-6-20-17(22)16(13-4-10-25-11-5-13)21-18(24)14-2-3-15-19-7-9-23(15)12-14/h2-3,6-9,12-13,16H,4-5,10-11H2,1H3,(H,21,24)/t16-/m0/s1. The zero-order valence-corrected chi connectivity index (χ0v) is 14.1. The van der Waals surface area contributed by atoms with E-state index in [0.717, 1.165) is 37.5 Å². The fourth-order valence-corrected chi connectivity index (χ4v) is 3.40. The lowest BCUT2D eigenvalue weighted by Gasteiger charge is -2.30. The van der Waals surface area contributed by atoms with Gasteiger partial charge in [-0.25, -0.2) is 9.97 Å². The van der Waals surface area contributed by atoms with Crippen LogP contribution in [0.15, 0.2) is 43.1 Å². The highest BCUT2D eigenvalue weighted by Gasteiger charge is 2.30. The largest absolute Gasteiger partial charge is 0.381 e. The van der Waals surface area contributed by atoms with E-state index in [1.807, 2.05) is 34.5 Å². The highest BCUT2D eigenvalue weighted by molar-refractivity contribution is 5.94. The number of ether oxygens (including phenoxy) is 1. The van der Waals surface area contributed by atoms with E-state index >= 15 is 0 Å². The number of carbonyl (C=O) groups excluding carboxylic acids is 1. The van der Waals surface area contributed by atoms with Gasteiger partial charge in [-0.2, -0.15) is 0 Å². The smallest absolute Gasteiger partial charge is 0.253 e. The van der Waals surface area contributed by atoms with Gasteiger partial charge in [0.2, 0.25) is 0 Å². The number of imidazole rings is 2. The van der Waals surface area contributed by atoms with Gasteiger partial charge in [-0.3, -0.25) is 4.79 Å². The molecule has 1 aliphatic heterocycles. The van der Waals surface area contributed by atoms with Crippen LogP contribution in [0.25, 0.3) is 5.65 Å². The minimum Gasteiger partial charge on any atom is -0.381 e. The first-order valence-corrected chi connectivity index (χ1v) is 8.51. The fourth-order valence-electron chi connectivity index (χ4n) is 3.40. The molecule has 0 bridgehead atoms. The Morgan fingerprint density at radius 2 is 2.04 bits per heavy atom. The molecule has 0 saturated carbocycles. The fraction of sp³-hybridized carbons (Fsp3) is 0.389. The van der Waals surface area contributed by atoms with Crippen LogP contribution in [0.2, 0.25) is 0 Å². The van der Waals surface area contributed by atoms with E-state index < -0.39 is 0 Å². The van der Waals surface area contributed by atoms with Crippen LogP contribution in [0.1, 0.15) is 35.1 Å². The third-order valence-corrected chi connectivity index (χ3v) is 4.81. The monoisotopic (exact) mass is 339 g/mol. The number of hydrogen-bond donors (Lipinski definition) is 1. The highest BCUT2D eigenvalue weighted by atomic mass is 16.5. The molecule has 0 aliphatic carbocycles. The first-order chi connectivity index (χ1) is 12.2. The maximum atomic E-state index is 12.9. The van der Waals surface area contributed by atoms with E-state index in [4.69, 9.17) is 4.74 Å². The van der Waals surface area contributed by atoms with Crippen molar-refractivity contribution in [2.45, 2.75) is 18.9 Å². The molecular formula is C18H21N5O2. The number of amides is 1. The number of nitrogens with one attached hydrogen (secondary N) is 1. The second-order valence-corrected chi connectivity index (χ2v) is 6.41. The summed E-state index contributed by atoms with van der Waals surface area (Å²) in [6.45, 7) is 1.45. The maximum absolute atomic E-state index is 12.9. The normalized spacial score (nSPS) is 16.8. The van der Waals surface area contributed by atoms with Gasteiger partial charge < -0.3 is 19.0 Å². The average molecular weight is 339 g/mol. The summed E-state index contributed by atoms with van der Waals surface area (Å²) in [5.41, 5.74) is 1.43. The van der Waals surface area contributed by atoms with Crippen LogP contribution >= 0.6 is 0 Å². The van der Waals surface area contributed by atoms with E-state index in [9.17, 15) is 4.79 Å². The molecule has 4 rings (SSSR count). The van der Waals surface area contributed by atoms with Gasteiger partial charge in [-0.1, -0.05) is 0 Å². The quantitative estimate of drug-likeness (QED) is 0.789. The van der Waals surface area contributed by atoms with Crippen molar-refractivity contribution in [3.05, 3.63) is 54.5 Å². The van der Waals surface area contributed by atoms with E-state index in [2.05, 4.69) is 15.3 Å². The topological polar surface area (TPSA) is 73.5 Å². The lowest BCUT2D eigenvalue weighted by atomic mass is 9.91. The average Bonchev–Trinajstić information content (AvgIpc) is 3.28. The van der Waals surface area contributed by atoms with Gasteiger partial charge in [0.05, 0.1) is 11.6 Å². The Labute approximate surface area is 145 Å². The Kier molecular flexibility index (Phi) is 4.23. The third-order valence-electron chi connectivity index (χ3n) is 4.81. The Morgan fingerprint density at radius 3 is 2.80 bits per heavy atom. The summed E-state index contributed by atoms with van der Waals surface area (Å²) in [7, 11) is 1.96. The molecular weight excluding hydrogens is 318 g/mol. The number of nitrogens with zero attached hydrogens (tertiary/aromatic N) is 4. The second-order valence-electron chi connectivity index (χ2n) is 6.41. The molecule has 1 saturated heterocycles. The molecule has 1 aliphatic rings. The van der Waals surface area contributed by atoms with Crippen LogP contribution in [0.4, 0.5) is 0 Å². The second kappa shape index (κ2) is 6.68. The Hall–Kier alpha value is -2.67. The predicted molar refractivity (Wildman–Crippen MR) is 92.2 cm³/mol. The summed E-state index contributed by atoms with van der Waals surface area (Å²) in [6, 6.07) is 3.52. The minimum absolute atomic E-state index is 0.102. The van der Waals surface area contributed by atoms with Crippen molar-refractivity contribution in [3.63, 3.8) is 0 Å². The molecule has 0 unspecified atom stereocenters. The molecule has 130 valence electrons. The Balaban J connectivity index is 1.60. The van der Waals surface area contributed by atoms with Crippen molar-refractivity contribution in [2.75, 3.05) is 13.2 Å². The predicted octanol–water partition coefficient (Wildman–Crippen LogP) is 1.97. The molecule has 7 heteroatoms. The third kappa shape index (κ3) is 3.15.